The molecule has 0 bridgehead atoms. The highest BCUT2D eigenvalue weighted by Crippen LogP contribution is 2.33. The van der Waals surface area contributed by atoms with Gasteiger partial charge in [-0.25, -0.2) is 18.4 Å². The summed E-state index contributed by atoms with van der Waals surface area (Å²) in [6.45, 7) is 1.87. The van der Waals surface area contributed by atoms with E-state index in [2.05, 4.69) is 30.2 Å². The lowest BCUT2D eigenvalue weighted by Crippen LogP contribution is -2.09. The van der Waals surface area contributed by atoms with Crippen LogP contribution in [0.25, 0.3) is 10.9 Å². The molecule has 0 amide bonds. The van der Waals surface area contributed by atoms with Crippen LogP contribution in [0.4, 0.5) is 17.3 Å². The summed E-state index contributed by atoms with van der Waals surface area (Å²) in [5.74, 6) is 1.24. The molecule has 0 aliphatic carbocycles. The van der Waals surface area contributed by atoms with Gasteiger partial charge in [-0.05, 0) is 55.1 Å². The summed E-state index contributed by atoms with van der Waals surface area (Å²) in [5.41, 5.74) is 1.72. The van der Waals surface area contributed by atoms with Gasteiger partial charge in [0.25, 0.3) is 0 Å². The lowest BCUT2D eigenvalue weighted by molar-refractivity contribution is 0.480. The number of benzene rings is 2. The van der Waals surface area contributed by atoms with E-state index in [0.717, 1.165) is 16.8 Å². The zero-order valence-corrected chi connectivity index (χ0v) is 17.7. The fourth-order valence-electron chi connectivity index (χ4n) is 2.78. The van der Waals surface area contributed by atoms with Crippen molar-refractivity contribution in [2.75, 3.05) is 16.3 Å². The highest BCUT2D eigenvalue weighted by atomic mass is 32.2. The van der Waals surface area contributed by atoms with E-state index < -0.39 is 10.0 Å². The number of aromatic nitrogens is 4. The lowest BCUT2D eigenvalue weighted by atomic mass is 10.2. The molecule has 2 aromatic carbocycles. The van der Waals surface area contributed by atoms with E-state index in [1.807, 2.05) is 19.1 Å². The van der Waals surface area contributed by atoms with Crippen molar-refractivity contribution >= 4 is 50.0 Å². The number of aromatic amines is 1. The number of anilines is 3. The van der Waals surface area contributed by atoms with Crippen molar-refractivity contribution in [1.82, 2.24) is 20.2 Å². The van der Waals surface area contributed by atoms with Gasteiger partial charge in [-0.1, -0.05) is 6.07 Å². The van der Waals surface area contributed by atoms with E-state index in [1.54, 1.807) is 36.4 Å². The molecule has 0 fully saturated rings. The van der Waals surface area contributed by atoms with E-state index >= 15 is 0 Å². The molecule has 2 heterocycles. The van der Waals surface area contributed by atoms with Gasteiger partial charge in [0.05, 0.1) is 11.9 Å². The maximum atomic E-state index is 11.3. The van der Waals surface area contributed by atoms with Gasteiger partial charge in [0, 0.05) is 22.0 Å². The number of aromatic hydroxyl groups is 1. The number of phenolic OH excluding ortho intramolecular Hbond substituents is 1. The van der Waals surface area contributed by atoms with Crippen LogP contribution in [0.2, 0.25) is 0 Å². The minimum absolute atomic E-state index is 0.0493. The maximum absolute atomic E-state index is 11.3. The number of aryl methyl sites for hydroxylation is 1. The van der Waals surface area contributed by atoms with Crippen LogP contribution in [-0.2, 0) is 10.0 Å². The van der Waals surface area contributed by atoms with E-state index in [9.17, 15) is 13.5 Å². The fraction of sp³-hybridized carbons (Fsp3) is 0.105. The van der Waals surface area contributed by atoms with Gasteiger partial charge in [-0.2, -0.15) is 5.10 Å². The molecular formula is C19H18N6O3S2. The quantitative estimate of drug-likeness (QED) is 0.333. The SMILES string of the molecule is Cc1cc(Nc2nc(Sc3ccc(NS(C)(=O)=O)cc3)nc3c(O)cccc23)[nH]n1. The van der Waals surface area contributed by atoms with E-state index in [0.29, 0.717) is 33.4 Å². The average molecular weight is 443 g/mol. The number of hydrogen-bond acceptors (Lipinski definition) is 8. The van der Waals surface area contributed by atoms with Crippen LogP contribution < -0.4 is 10.0 Å². The summed E-state index contributed by atoms with van der Waals surface area (Å²) >= 11 is 1.29. The first-order chi connectivity index (χ1) is 14.3. The second-order valence-corrected chi connectivity index (χ2v) is 9.37. The van der Waals surface area contributed by atoms with Crippen LogP contribution in [0, 0.1) is 6.92 Å². The molecule has 0 saturated carbocycles. The van der Waals surface area contributed by atoms with Crippen molar-refractivity contribution in [2.45, 2.75) is 17.0 Å². The first-order valence-electron chi connectivity index (χ1n) is 8.81. The van der Waals surface area contributed by atoms with Crippen molar-refractivity contribution in [3.8, 4) is 5.75 Å². The van der Waals surface area contributed by atoms with Crippen molar-refractivity contribution in [3.63, 3.8) is 0 Å². The van der Waals surface area contributed by atoms with Crippen LogP contribution in [0.15, 0.2) is 58.6 Å². The Morgan fingerprint density at radius 2 is 1.87 bits per heavy atom. The number of rotatable bonds is 6. The average Bonchev–Trinajstić information content (AvgIpc) is 3.08. The van der Waals surface area contributed by atoms with E-state index in [4.69, 9.17) is 0 Å². The monoisotopic (exact) mass is 442 g/mol. The molecule has 0 radical (unpaired) electrons. The van der Waals surface area contributed by atoms with Crippen molar-refractivity contribution in [3.05, 3.63) is 54.2 Å². The van der Waals surface area contributed by atoms with Crippen molar-refractivity contribution in [2.24, 2.45) is 0 Å². The smallest absolute Gasteiger partial charge is 0.229 e. The summed E-state index contributed by atoms with van der Waals surface area (Å²) in [7, 11) is -3.34. The van der Waals surface area contributed by atoms with Gasteiger partial charge in [-0.3, -0.25) is 9.82 Å². The number of nitrogens with zero attached hydrogens (tertiary/aromatic N) is 3. The number of phenols is 1. The summed E-state index contributed by atoms with van der Waals surface area (Å²) < 4.78 is 25.1. The topological polar surface area (TPSA) is 133 Å². The number of fused-ring (bicyclic) bond motifs is 1. The van der Waals surface area contributed by atoms with Crippen LogP contribution in [-0.4, -0.2) is 39.9 Å². The molecule has 0 aliphatic rings. The highest BCUT2D eigenvalue weighted by molar-refractivity contribution is 7.99. The zero-order chi connectivity index (χ0) is 21.3. The van der Waals surface area contributed by atoms with Crippen LogP contribution in [0.1, 0.15) is 5.69 Å². The zero-order valence-electron chi connectivity index (χ0n) is 16.0. The molecule has 154 valence electrons. The molecule has 0 aliphatic heterocycles. The summed E-state index contributed by atoms with van der Waals surface area (Å²) in [5, 5.41) is 21.5. The third kappa shape index (κ3) is 4.63. The summed E-state index contributed by atoms with van der Waals surface area (Å²) in [6.07, 6.45) is 1.10. The molecule has 4 rings (SSSR count). The Labute approximate surface area is 177 Å². The molecule has 0 atom stereocenters. The van der Waals surface area contributed by atoms with Gasteiger partial charge in [0.1, 0.15) is 22.9 Å². The van der Waals surface area contributed by atoms with Crippen molar-refractivity contribution < 1.29 is 13.5 Å². The molecule has 11 heteroatoms. The largest absolute Gasteiger partial charge is 0.506 e. The standard InChI is InChI=1S/C19H18N6O3S2/c1-11-10-16(24-23-11)20-18-14-4-3-5-15(26)17(14)21-19(22-18)29-13-8-6-12(7-9-13)25-30(2,27)28/h3-10,25-26H,1-2H3,(H2,20,21,22,23,24). The highest BCUT2D eigenvalue weighted by Gasteiger charge is 2.13. The predicted octanol–water partition coefficient (Wildman–Crippen LogP) is 3.63. The van der Waals surface area contributed by atoms with Gasteiger partial charge < -0.3 is 10.4 Å². The first-order valence-corrected chi connectivity index (χ1v) is 11.5. The molecule has 0 spiro atoms. The number of sulfonamides is 1. The minimum Gasteiger partial charge on any atom is -0.506 e. The Morgan fingerprint density at radius 1 is 1.10 bits per heavy atom. The third-order valence-electron chi connectivity index (χ3n) is 4.01. The number of hydrogen-bond donors (Lipinski definition) is 4. The summed E-state index contributed by atoms with van der Waals surface area (Å²) in [4.78, 5) is 9.89. The Hall–Kier alpha value is -3.31. The summed E-state index contributed by atoms with van der Waals surface area (Å²) in [6, 6.07) is 13.8. The molecule has 30 heavy (non-hydrogen) atoms. The Balaban J connectivity index is 1.68. The first kappa shape index (κ1) is 20.0. The van der Waals surface area contributed by atoms with Gasteiger partial charge in [-0.15, -0.1) is 0 Å². The molecule has 0 saturated heterocycles. The molecule has 2 aromatic heterocycles. The van der Waals surface area contributed by atoms with Crippen LogP contribution >= 0.6 is 11.8 Å². The maximum Gasteiger partial charge on any atom is 0.229 e. The fourth-order valence-corrected chi connectivity index (χ4v) is 4.10. The number of H-pyrrole nitrogens is 1. The normalized spacial score (nSPS) is 11.5. The Bertz CT molecular complexity index is 1320. The molecule has 4 aromatic rings. The second kappa shape index (κ2) is 7.84. The minimum atomic E-state index is -3.34. The third-order valence-corrected chi connectivity index (χ3v) is 5.49. The van der Waals surface area contributed by atoms with E-state index in [-0.39, 0.29) is 5.75 Å². The van der Waals surface area contributed by atoms with Crippen molar-refractivity contribution in [1.29, 1.82) is 0 Å². The van der Waals surface area contributed by atoms with Gasteiger partial charge in [0.15, 0.2) is 5.16 Å². The van der Waals surface area contributed by atoms with Gasteiger partial charge in [0.2, 0.25) is 10.0 Å². The number of para-hydroxylation sites is 1. The predicted molar refractivity (Wildman–Crippen MR) is 117 cm³/mol. The lowest BCUT2D eigenvalue weighted by Gasteiger charge is -2.10. The van der Waals surface area contributed by atoms with E-state index in [1.165, 1.54) is 11.8 Å². The molecule has 4 N–H and O–H groups in total. The molecule has 0 unspecified atom stereocenters. The number of nitrogens with one attached hydrogen (secondary N) is 3. The molecule has 9 nitrogen and oxygen atoms in total. The Kier molecular flexibility index (Phi) is 5.22. The Morgan fingerprint density at radius 3 is 2.53 bits per heavy atom. The second-order valence-electron chi connectivity index (χ2n) is 6.58. The van der Waals surface area contributed by atoms with Crippen LogP contribution in [0.3, 0.4) is 0 Å². The molecular weight excluding hydrogens is 424 g/mol. The van der Waals surface area contributed by atoms with Gasteiger partial charge >= 0.3 is 0 Å². The van der Waals surface area contributed by atoms with Crippen LogP contribution in [0.5, 0.6) is 5.75 Å².